The van der Waals surface area contributed by atoms with Crippen LogP contribution in [0.3, 0.4) is 0 Å². The van der Waals surface area contributed by atoms with Gasteiger partial charge in [0.05, 0.1) is 25.8 Å². The number of furan rings is 1. The molecule has 0 N–H and O–H groups in total. The number of carbonyl (C=O) groups excluding carboxylic acids is 2. The SMILES string of the molecule is COc1ccc(C(=O)[C@@H](C)OC(=O)c2ccc([N+](=O)[O-])o2)c(OC)c1. The standard InChI is InChI=1S/C16H15NO8/c1-9(24-16(19)12-6-7-14(25-12)17(20)21)15(18)11-5-4-10(22-2)8-13(11)23-3/h4-9H,1-3H3/t9-/m1/s1. The molecule has 1 atom stereocenters. The van der Waals surface area contributed by atoms with Crippen LogP contribution in [0, 0.1) is 10.1 Å². The van der Waals surface area contributed by atoms with E-state index in [0.717, 1.165) is 12.1 Å². The summed E-state index contributed by atoms with van der Waals surface area (Å²) in [5.74, 6) is -1.69. The first-order chi connectivity index (χ1) is 11.9. The Morgan fingerprint density at radius 3 is 2.44 bits per heavy atom. The van der Waals surface area contributed by atoms with Crippen LogP contribution in [0.25, 0.3) is 0 Å². The third-order valence-corrected chi connectivity index (χ3v) is 3.30. The second-order valence-electron chi connectivity index (χ2n) is 4.87. The van der Waals surface area contributed by atoms with E-state index in [1.165, 1.54) is 33.3 Å². The molecule has 0 fully saturated rings. The Kier molecular flexibility index (Phi) is 5.38. The molecule has 0 aliphatic carbocycles. The van der Waals surface area contributed by atoms with E-state index in [1.807, 2.05) is 0 Å². The predicted octanol–water partition coefficient (Wildman–Crippen LogP) is 2.63. The fraction of sp³-hybridized carbons (Fsp3) is 0.250. The lowest BCUT2D eigenvalue weighted by atomic mass is 10.1. The van der Waals surface area contributed by atoms with Crippen LogP contribution in [-0.4, -0.2) is 37.0 Å². The largest absolute Gasteiger partial charge is 0.497 e. The summed E-state index contributed by atoms with van der Waals surface area (Å²) in [4.78, 5) is 34.2. The summed E-state index contributed by atoms with van der Waals surface area (Å²) in [6.45, 7) is 1.38. The fourth-order valence-corrected chi connectivity index (χ4v) is 2.03. The van der Waals surface area contributed by atoms with Crippen LogP contribution in [0.15, 0.2) is 34.7 Å². The molecule has 0 saturated carbocycles. The molecule has 1 heterocycles. The summed E-state index contributed by atoms with van der Waals surface area (Å²) in [5.41, 5.74) is 0.203. The number of carbonyl (C=O) groups is 2. The Balaban J connectivity index is 2.14. The summed E-state index contributed by atoms with van der Waals surface area (Å²) < 4.78 is 19.9. The van der Waals surface area contributed by atoms with E-state index in [2.05, 4.69) is 0 Å². The van der Waals surface area contributed by atoms with Crippen LogP contribution in [0.4, 0.5) is 5.88 Å². The highest BCUT2D eigenvalue weighted by molar-refractivity contribution is 6.03. The fourth-order valence-electron chi connectivity index (χ4n) is 2.03. The lowest BCUT2D eigenvalue weighted by Gasteiger charge is -2.14. The van der Waals surface area contributed by atoms with Gasteiger partial charge in [0.1, 0.15) is 16.4 Å². The van der Waals surface area contributed by atoms with Gasteiger partial charge in [0, 0.05) is 6.07 Å². The minimum atomic E-state index is -1.15. The van der Waals surface area contributed by atoms with E-state index in [-0.39, 0.29) is 17.1 Å². The molecule has 132 valence electrons. The van der Waals surface area contributed by atoms with E-state index in [4.69, 9.17) is 18.6 Å². The van der Waals surface area contributed by atoms with Gasteiger partial charge in [-0.25, -0.2) is 4.79 Å². The molecule has 0 spiro atoms. The maximum Gasteiger partial charge on any atom is 0.433 e. The molecule has 9 nitrogen and oxygen atoms in total. The molecule has 0 aliphatic heterocycles. The van der Waals surface area contributed by atoms with Crippen LogP contribution in [-0.2, 0) is 4.74 Å². The average Bonchev–Trinajstić information content (AvgIpc) is 3.11. The van der Waals surface area contributed by atoms with E-state index in [0.29, 0.717) is 5.75 Å². The van der Waals surface area contributed by atoms with Crippen molar-refractivity contribution in [2.24, 2.45) is 0 Å². The minimum Gasteiger partial charge on any atom is -0.497 e. The minimum absolute atomic E-state index is 0.203. The highest BCUT2D eigenvalue weighted by Crippen LogP contribution is 2.26. The summed E-state index contributed by atoms with van der Waals surface area (Å²) in [5, 5.41) is 10.6. The van der Waals surface area contributed by atoms with Gasteiger partial charge in [-0.1, -0.05) is 0 Å². The summed E-state index contributed by atoms with van der Waals surface area (Å²) in [6, 6.07) is 6.71. The van der Waals surface area contributed by atoms with Gasteiger partial charge in [-0.15, -0.1) is 0 Å². The zero-order valence-corrected chi connectivity index (χ0v) is 13.7. The van der Waals surface area contributed by atoms with Gasteiger partial charge in [0.25, 0.3) is 0 Å². The number of ketones is 1. The predicted molar refractivity (Wildman–Crippen MR) is 84.1 cm³/mol. The highest BCUT2D eigenvalue weighted by atomic mass is 16.7. The number of rotatable bonds is 7. The summed E-state index contributed by atoms with van der Waals surface area (Å²) in [6.07, 6.45) is -1.15. The van der Waals surface area contributed by atoms with Gasteiger partial charge in [-0.05, 0) is 25.1 Å². The molecule has 2 aromatic rings. The number of hydrogen-bond acceptors (Lipinski definition) is 8. The molecule has 0 bridgehead atoms. The van der Waals surface area contributed by atoms with Gasteiger partial charge < -0.3 is 18.6 Å². The molecule has 2 rings (SSSR count). The normalized spacial score (nSPS) is 11.5. The molecule has 1 aromatic carbocycles. The number of ether oxygens (including phenoxy) is 3. The monoisotopic (exact) mass is 349 g/mol. The maximum atomic E-state index is 12.5. The molecule has 25 heavy (non-hydrogen) atoms. The Morgan fingerprint density at radius 2 is 1.88 bits per heavy atom. The molecule has 0 saturated heterocycles. The van der Waals surface area contributed by atoms with Gasteiger partial charge in [0.15, 0.2) is 6.10 Å². The van der Waals surface area contributed by atoms with Crippen molar-refractivity contribution in [2.45, 2.75) is 13.0 Å². The van der Waals surface area contributed by atoms with Crippen molar-refractivity contribution in [1.29, 1.82) is 0 Å². The van der Waals surface area contributed by atoms with Crippen molar-refractivity contribution in [2.75, 3.05) is 14.2 Å². The summed E-state index contributed by atoms with van der Waals surface area (Å²) in [7, 11) is 2.87. The Labute approximate surface area is 142 Å². The number of esters is 1. The summed E-state index contributed by atoms with van der Waals surface area (Å²) >= 11 is 0. The second kappa shape index (κ2) is 7.47. The van der Waals surface area contributed by atoms with Crippen LogP contribution >= 0.6 is 0 Å². The van der Waals surface area contributed by atoms with E-state index in [9.17, 15) is 19.7 Å². The Morgan fingerprint density at radius 1 is 1.16 bits per heavy atom. The molecule has 9 heteroatoms. The van der Waals surface area contributed by atoms with Crippen LogP contribution < -0.4 is 9.47 Å². The number of hydrogen-bond donors (Lipinski definition) is 0. The Bertz CT molecular complexity index is 810. The van der Waals surface area contributed by atoms with E-state index < -0.39 is 28.7 Å². The molecule has 0 radical (unpaired) electrons. The first-order valence-electron chi connectivity index (χ1n) is 7.08. The number of methoxy groups -OCH3 is 2. The second-order valence-corrected chi connectivity index (χ2v) is 4.87. The molecule has 0 aliphatic rings. The third kappa shape index (κ3) is 3.94. The van der Waals surface area contributed by atoms with Crippen molar-refractivity contribution in [3.63, 3.8) is 0 Å². The number of Topliss-reactive ketones (excluding diaryl/α,β-unsaturated/α-hetero) is 1. The van der Waals surface area contributed by atoms with E-state index >= 15 is 0 Å². The quantitative estimate of drug-likeness (QED) is 0.324. The number of benzene rings is 1. The van der Waals surface area contributed by atoms with Crippen molar-refractivity contribution < 1.29 is 33.1 Å². The molecule has 1 aromatic heterocycles. The zero-order chi connectivity index (χ0) is 18.6. The number of nitro groups is 1. The number of nitrogens with zero attached hydrogens (tertiary/aromatic N) is 1. The van der Waals surface area contributed by atoms with Crippen molar-refractivity contribution in [1.82, 2.24) is 0 Å². The van der Waals surface area contributed by atoms with Crippen molar-refractivity contribution >= 4 is 17.6 Å². The van der Waals surface area contributed by atoms with Crippen LogP contribution in [0.2, 0.25) is 0 Å². The third-order valence-electron chi connectivity index (χ3n) is 3.30. The first kappa shape index (κ1) is 18.0. The van der Waals surface area contributed by atoms with Crippen molar-refractivity contribution in [3.05, 3.63) is 51.8 Å². The molecule has 0 amide bonds. The van der Waals surface area contributed by atoms with Gasteiger partial charge in [-0.2, -0.15) is 0 Å². The lowest BCUT2D eigenvalue weighted by Crippen LogP contribution is -2.24. The van der Waals surface area contributed by atoms with Gasteiger partial charge in [-0.3, -0.25) is 14.9 Å². The maximum absolute atomic E-state index is 12.5. The van der Waals surface area contributed by atoms with Gasteiger partial charge >= 0.3 is 11.9 Å². The lowest BCUT2D eigenvalue weighted by molar-refractivity contribution is -0.402. The van der Waals surface area contributed by atoms with Gasteiger partial charge in [0.2, 0.25) is 11.5 Å². The van der Waals surface area contributed by atoms with Crippen LogP contribution in [0.5, 0.6) is 11.5 Å². The first-order valence-corrected chi connectivity index (χ1v) is 7.08. The highest BCUT2D eigenvalue weighted by Gasteiger charge is 2.26. The molecular weight excluding hydrogens is 334 g/mol. The average molecular weight is 349 g/mol. The smallest absolute Gasteiger partial charge is 0.433 e. The molecular formula is C16H15NO8. The van der Waals surface area contributed by atoms with E-state index in [1.54, 1.807) is 6.07 Å². The topological polar surface area (TPSA) is 118 Å². The van der Waals surface area contributed by atoms with Crippen molar-refractivity contribution in [3.8, 4) is 11.5 Å². The Hall–Kier alpha value is -3.36. The molecule has 0 unspecified atom stereocenters. The zero-order valence-electron chi connectivity index (χ0n) is 13.7. The van der Waals surface area contributed by atoms with Crippen LogP contribution in [0.1, 0.15) is 27.8 Å².